The lowest BCUT2D eigenvalue weighted by Crippen LogP contribution is -2.41. The van der Waals surface area contributed by atoms with Crippen LogP contribution in [0.5, 0.6) is 5.75 Å². The highest BCUT2D eigenvalue weighted by atomic mass is 32.2. The van der Waals surface area contributed by atoms with E-state index in [0.717, 1.165) is 23.5 Å². The molecule has 0 unspecified atom stereocenters. The Hall–Kier alpha value is -1.69. The van der Waals surface area contributed by atoms with E-state index in [0.29, 0.717) is 6.42 Å². The Kier molecular flexibility index (Phi) is 7.68. The molecule has 0 spiro atoms. The average Bonchev–Trinajstić information content (AvgIpc) is 2.49. The molecule has 1 rings (SSSR count). The van der Waals surface area contributed by atoms with Crippen LogP contribution in [0.1, 0.15) is 26.2 Å². The summed E-state index contributed by atoms with van der Waals surface area (Å²) in [7, 11) is 1.60. The van der Waals surface area contributed by atoms with Gasteiger partial charge in [-0.3, -0.25) is 4.79 Å². The summed E-state index contributed by atoms with van der Waals surface area (Å²) in [6, 6.07) is 6.57. The summed E-state index contributed by atoms with van der Waals surface area (Å²) in [5.41, 5.74) is 0. The second-order valence-electron chi connectivity index (χ2n) is 4.56. The van der Waals surface area contributed by atoms with Crippen LogP contribution in [0.3, 0.4) is 0 Å². The van der Waals surface area contributed by atoms with Crippen LogP contribution in [0.15, 0.2) is 29.2 Å². The number of thioether (sulfide) groups is 1. The molecule has 1 aromatic rings. The zero-order valence-corrected chi connectivity index (χ0v) is 13.1. The summed E-state index contributed by atoms with van der Waals surface area (Å²) in [6.07, 6.45) is 2.15. The van der Waals surface area contributed by atoms with Gasteiger partial charge in [0, 0.05) is 4.90 Å². The summed E-state index contributed by atoms with van der Waals surface area (Å²) in [6.45, 7) is 1.99. The van der Waals surface area contributed by atoms with Gasteiger partial charge in [0.2, 0.25) is 5.91 Å². The van der Waals surface area contributed by atoms with E-state index < -0.39 is 12.0 Å². The number of ether oxygens (including phenoxy) is 1. The van der Waals surface area contributed by atoms with Crippen molar-refractivity contribution in [3.05, 3.63) is 24.3 Å². The van der Waals surface area contributed by atoms with Gasteiger partial charge in [-0.25, -0.2) is 4.79 Å². The van der Waals surface area contributed by atoms with Crippen molar-refractivity contribution >= 4 is 23.6 Å². The molecule has 0 saturated heterocycles. The van der Waals surface area contributed by atoms with Gasteiger partial charge in [-0.15, -0.1) is 11.8 Å². The molecule has 0 radical (unpaired) electrons. The van der Waals surface area contributed by atoms with Crippen molar-refractivity contribution in [3.63, 3.8) is 0 Å². The minimum absolute atomic E-state index is 0.197. The highest BCUT2D eigenvalue weighted by Gasteiger charge is 2.18. The van der Waals surface area contributed by atoms with E-state index in [1.165, 1.54) is 11.8 Å². The number of nitrogens with one attached hydrogen (secondary N) is 1. The van der Waals surface area contributed by atoms with Gasteiger partial charge >= 0.3 is 5.97 Å². The van der Waals surface area contributed by atoms with Gasteiger partial charge in [-0.2, -0.15) is 0 Å². The lowest BCUT2D eigenvalue weighted by Gasteiger charge is -2.13. The number of carboxylic acids is 1. The van der Waals surface area contributed by atoms with Crippen molar-refractivity contribution in [1.82, 2.24) is 5.32 Å². The lowest BCUT2D eigenvalue weighted by atomic mass is 10.1. The molecule has 2 N–H and O–H groups in total. The van der Waals surface area contributed by atoms with Crippen LogP contribution < -0.4 is 10.1 Å². The van der Waals surface area contributed by atoms with Gasteiger partial charge in [-0.1, -0.05) is 19.8 Å². The van der Waals surface area contributed by atoms with E-state index in [9.17, 15) is 9.59 Å². The maximum absolute atomic E-state index is 11.8. The largest absolute Gasteiger partial charge is 0.497 e. The number of hydrogen-bond acceptors (Lipinski definition) is 4. The molecule has 21 heavy (non-hydrogen) atoms. The maximum atomic E-state index is 11.8. The van der Waals surface area contributed by atoms with Crippen molar-refractivity contribution < 1.29 is 19.4 Å². The van der Waals surface area contributed by atoms with Gasteiger partial charge in [0.25, 0.3) is 0 Å². The molecule has 0 heterocycles. The van der Waals surface area contributed by atoms with E-state index in [2.05, 4.69) is 5.32 Å². The van der Waals surface area contributed by atoms with Crippen LogP contribution in [0.2, 0.25) is 0 Å². The zero-order chi connectivity index (χ0) is 15.7. The summed E-state index contributed by atoms with van der Waals surface area (Å²) in [4.78, 5) is 23.8. The van der Waals surface area contributed by atoms with Crippen LogP contribution in [-0.2, 0) is 9.59 Å². The number of carbonyl (C=O) groups is 2. The monoisotopic (exact) mass is 311 g/mol. The molecule has 1 aromatic carbocycles. The van der Waals surface area contributed by atoms with Crippen LogP contribution in [0, 0.1) is 0 Å². The van der Waals surface area contributed by atoms with Crippen LogP contribution in [0.25, 0.3) is 0 Å². The van der Waals surface area contributed by atoms with Crippen molar-refractivity contribution in [3.8, 4) is 5.75 Å². The molecule has 0 aromatic heterocycles. The Morgan fingerprint density at radius 1 is 1.33 bits per heavy atom. The number of unbranched alkanes of at least 4 members (excludes halogenated alkanes) is 1. The van der Waals surface area contributed by atoms with Crippen molar-refractivity contribution in [1.29, 1.82) is 0 Å². The molecule has 5 nitrogen and oxygen atoms in total. The average molecular weight is 311 g/mol. The number of rotatable bonds is 9. The topological polar surface area (TPSA) is 75.6 Å². The van der Waals surface area contributed by atoms with Crippen molar-refractivity contribution in [2.75, 3.05) is 12.9 Å². The van der Waals surface area contributed by atoms with Crippen LogP contribution >= 0.6 is 11.8 Å². The zero-order valence-electron chi connectivity index (χ0n) is 12.3. The fourth-order valence-electron chi connectivity index (χ4n) is 1.72. The van der Waals surface area contributed by atoms with Gasteiger partial charge < -0.3 is 15.2 Å². The number of carbonyl (C=O) groups excluding carboxylic acids is 1. The molecule has 0 aliphatic rings. The van der Waals surface area contributed by atoms with Crippen LogP contribution in [0.4, 0.5) is 0 Å². The predicted octanol–water partition coefficient (Wildman–Crippen LogP) is 2.55. The minimum Gasteiger partial charge on any atom is -0.497 e. The summed E-state index contributed by atoms with van der Waals surface area (Å²) in [5.74, 6) is -0.290. The SMILES string of the molecule is CCCC[C@H](NC(=O)CSc1ccc(OC)cc1)C(=O)O. The number of amides is 1. The Balaban J connectivity index is 2.42. The fourth-order valence-corrected chi connectivity index (χ4v) is 2.43. The van der Waals surface area contributed by atoms with E-state index in [1.54, 1.807) is 7.11 Å². The second kappa shape index (κ2) is 9.28. The smallest absolute Gasteiger partial charge is 0.326 e. The first-order valence-electron chi connectivity index (χ1n) is 6.85. The summed E-state index contributed by atoms with van der Waals surface area (Å²) < 4.78 is 5.06. The molecule has 1 amide bonds. The number of aliphatic carboxylic acids is 1. The molecule has 0 aliphatic carbocycles. The second-order valence-corrected chi connectivity index (χ2v) is 5.61. The third-order valence-corrected chi connectivity index (χ3v) is 3.92. The van der Waals surface area contributed by atoms with E-state index in [4.69, 9.17) is 9.84 Å². The summed E-state index contributed by atoms with van der Waals surface area (Å²) >= 11 is 1.36. The number of benzene rings is 1. The molecule has 0 saturated carbocycles. The Bertz CT molecular complexity index is 461. The molecule has 6 heteroatoms. The summed E-state index contributed by atoms with van der Waals surface area (Å²) in [5, 5.41) is 11.6. The minimum atomic E-state index is -0.980. The van der Waals surface area contributed by atoms with Gasteiger partial charge in [0.05, 0.1) is 12.9 Å². The quantitative estimate of drug-likeness (QED) is 0.685. The number of methoxy groups -OCH3 is 1. The first-order valence-corrected chi connectivity index (χ1v) is 7.84. The standard InChI is InChI=1S/C15H21NO4S/c1-3-4-5-13(15(18)19)16-14(17)10-21-12-8-6-11(20-2)7-9-12/h6-9,13H,3-5,10H2,1-2H3,(H,16,17)(H,18,19)/t13-/m0/s1. The number of hydrogen-bond donors (Lipinski definition) is 2. The van der Waals surface area contributed by atoms with Crippen molar-refractivity contribution in [2.24, 2.45) is 0 Å². The fraction of sp³-hybridized carbons (Fsp3) is 0.467. The molecular formula is C15H21NO4S. The van der Waals surface area contributed by atoms with Gasteiger partial charge in [0.1, 0.15) is 11.8 Å². The third-order valence-electron chi connectivity index (χ3n) is 2.91. The molecule has 116 valence electrons. The Labute approximate surface area is 129 Å². The first-order chi connectivity index (χ1) is 10.1. The van der Waals surface area contributed by atoms with Gasteiger partial charge in [-0.05, 0) is 30.7 Å². The first kappa shape index (κ1) is 17.4. The number of carboxylic acid groups (broad SMARTS) is 1. The van der Waals surface area contributed by atoms with E-state index >= 15 is 0 Å². The van der Waals surface area contributed by atoms with Crippen molar-refractivity contribution in [2.45, 2.75) is 37.1 Å². The Morgan fingerprint density at radius 3 is 2.52 bits per heavy atom. The van der Waals surface area contributed by atoms with Gasteiger partial charge in [0.15, 0.2) is 0 Å². The third kappa shape index (κ3) is 6.53. The normalized spacial score (nSPS) is 11.7. The van der Waals surface area contributed by atoms with E-state index in [-0.39, 0.29) is 11.7 Å². The van der Waals surface area contributed by atoms with Crippen LogP contribution in [-0.4, -0.2) is 35.9 Å². The molecule has 0 fully saturated rings. The molecule has 0 bridgehead atoms. The highest BCUT2D eigenvalue weighted by Crippen LogP contribution is 2.21. The predicted molar refractivity (Wildman–Crippen MR) is 82.8 cm³/mol. The van der Waals surface area contributed by atoms with E-state index in [1.807, 2.05) is 31.2 Å². The maximum Gasteiger partial charge on any atom is 0.326 e. The molecule has 0 aliphatic heterocycles. The molecule has 1 atom stereocenters. The highest BCUT2D eigenvalue weighted by molar-refractivity contribution is 8.00. The lowest BCUT2D eigenvalue weighted by molar-refractivity contribution is -0.141. The Morgan fingerprint density at radius 2 is 2.00 bits per heavy atom. The molecular weight excluding hydrogens is 290 g/mol.